The topological polar surface area (TPSA) is 98.7 Å². The number of nitrogens with one attached hydrogen (secondary N) is 1. The SMILES string of the molecule is C[C@@H](Sc1nncn1N)C(=O)Nc1cccnc1Cl. The molecule has 0 unspecified atom stereocenters. The van der Waals surface area contributed by atoms with Crippen LogP contribution in [0.5, 0.6) is 0 Å². The number of nitrogens with zero attached hydrogens (tertiary/aromatic N) is 4. The third-order valence-electron chi connectivity index (χ3n) is 2.21. The van der Waals surface area contributed by atoms with Crippen LogP contribution in [0.3, 0.4) is 0 Å². The van der Waals surface area contributed by atoms with Crippen LogP contribution in [0.1, 0.15) is 6.92 Å². The lowest BCUT2D eigenvalue weighted by molar-refractivity contribution is -0.115. The molecule has 0 spiro atoms. The van der Waals surface area contributed by atoms with Crippen molar-refractivity contribution in [3.8, 4) is 0 Å². The largest absolute Gasteiger partial charge is 0.336 e. The molecule has 19 heavy (non-hydrogen) atoms. The third kappa shape index (κ3) is 3.36. The zero-order chi connectivity index (χ0) is 13.8. The Morgan fingerprint density at radius 2 is 2.42 bits per heavy atom. The van der Waals surface area contributed by atoms with Crippen LogP contribution in [0.4, 0.5) is 5.69 Å². The molecular weight excluding hydrogens is 288 g/mol. The van der Waals surface area contributed by atoms with Crippen molar-refractivity contribution in [2.45, 2.75) is 17.3 Å². The first-order chi connectivity index (χ1) is 9.08. The summed E-state index contributed by atoms with van der Waals surface area (Å²) < 4.78 is 1.26. The average Bonchev–Trinajstić information content (AvgIpc) is 2.78. The van der Waals surface area contributed by atoms with Gasteiger partial charge in [0.05, 0.1) is 10.9 Å². The second kappa shape index (κ2) is 5.89. The summed E-state index contributed by atoms with van der Waals surface area (Å²) in [5.74, 6) is 5.35. The second-order valence-electron chi connectivity index (χ2n) is 3.61. The number of hydrogen-bond acceptors (Lipinski definition) is 6. The molecule has 0 aromatic carbocycles. The lowest BCUT2D eigenvalue weighted by Gasteiger charge is -2.11. The smallest absolute Gasteiger partial charge is 0.237 e. The molecule has 3 N–H and O–H groups in total. The Labute approximate surface area is 118 Å². The van der Waals surface area contributed by atoms with Crippen molar-refractivity contribution in [3.05, 3.63) is 29.8 Å². The first-order valence-corrected chi connectivity index (χ1v) is 6.57. The Balaban J connectivity index is 2.00. The fourth-order valence-corrected chi connectivity index (χ4v) is 2.15. The average molecular weight is 299 g/mol. The monoisotopic (exact) mass is 298 g/mol. The lowest BCUT2D eigenvalue weighted by atomic mass is 10.4. The van der Waals surface area contributed by atoms with Gasteiger partial charge in [0.2, 0.25) is 11.1 Å². The van der Waals surface area contributed by atoms with E-state index in [2.05, 4.69) is 20.5 Å². The van der Waals surface area contributed by atoms with Crippen molar-refractivity contribution in [2.75, 3.05) is 11.2 Å². The molecule has 7 nitrogen and oxygen atoms in total. The van der Waals surface area contributed by atoms with Crippen molar-refractivity contribution in [2.24, 2.45) is 0 Å². The molecule has 1 atom stereocenters. The number of aromatic nitrogens is 4. The number of rotatable bonds is 4. The zero-order valence-corrected chi connectivity index (χ0v) is 11.5. The Kier molecular flexibility index (Phi) is 4.23. The lowest BCUT2D eigenvalue weighted by Crippen LogP contribution is -2.23. The van der Waals surface area contributed by atoms with E-state index in [4.69, 9.17) is 17.4 Å². The number of nitrogen functional groups attached to an aromatic ring is 1. The van der Waals surface area contributed by atoms with Gasteiger partial charge in [-0.25, -0.2) is 9.66 Å². The van der Waals surface area contributed by atoms with E-state index in [1.54, 1.807) is 25.3 Å². The molecular formula is C10H11ClN6OS. The number of carbonyl (C=O) groups excluding carboxylic acids is 1. The molecule has 0 aliphatic rings. The molecule has 1 amide bonds. The Morgan fingerprint density at radius 1 is 1.63 bits per heavy atom. The van der Waals surface area contributed by atoms with Crippen LogP contribution in [-0.2, 0) is 4.79 Å². The Bertz CT molecular complexity index is 589. The van der Waals surface area contributed by atoms with Gasteiger partial charge in [-0.05, 0) is 19.1 Å². The molecule has 2 aromatic rings. The van der Waals surface area contributed by atoms with Gasteiger partial charge in [0, 0.05) is 6.20 Å². The molecule has 0 saturated carbocycles. The summed E-state index contributed by atoms with van der Waals surface area (Å²) in [6, 6.07) is 3.37. The summed E-state index contributed by atoms with van der Waals surface area (Å²) in [6.07, 6.45) is 2.91. The maximum absolute atomic E-state index is 12.0. The summed E-state index contributed by atoms with van der Waals surface area (Å²) in [6.45, 7) is 1.74. The molecule has 0 aliphatic heterocycles. The minimum absolute atomic E-state index is 0.220. The highest BCUT2D eigenvalue weighted by Gasteiger charge is 2.18. The quantitative estimate of drug-likeness (QED) is 0.499. The summed E-state index contributed by atoms with van der Waals surface area (Å²) in [5.41, 5.74) is 0.468. The highest BCUT2D eigenvalue weighted by Crippen LogP contribution is 2.22. The fourth-order valence-electron chi connectivity index (χ4n) is 1.24. The second-order valence-corrected chi connectivity index (χ2v) is 5.28. The summed E-state index contributed by atoms with van der Waals surface area (Å²) in [7, 11) is 0. The van der Waals surface area contributed by atoms with E-state index in [-0.39, 0.29) is 11.1 Å². The van der Waals surface area contributed by atoms with Gasteiger partial charge in [-0.15, -0.1) is 10.2 Å². The number of hydrogen-bond donors (Lipinski definition) is 2. The fraction of sp³-hybridized carbons (Fsp3) is 0.200. The Morgan fingerprint density at radius 3 is 3.05 bits per heavy atom. The number of anilines is 1. The van der Waals surface area contributed by atoms with Crippen molar-refractivity contribution in [3.63, 3.8) is 0 Å². The number of carbonyl (C=O) groups is 1. The van der Waals surface area contributed by atoms with Crippen molar-refractivity contribution >= 4 is 35.0 Å². The summed E-state index contributed by atoms with van der Waals surface area (Å²) in [5, 5.41) is 10.4. The van der Waals surface area contributed by atoms with E-state index < -0.39 is 5.25 Å². The minimum Gasteiger partial charge on any atom is -0.336 e. The normalized spacial score (nSPS) is 12.1. The maximum Gasteiger partial charge on any atom is 0.237 e. The van der Waals surface area contributed by atoms with E-state index >= 15 is 0 Å². The predicted octanol–water partition coefficient (Wildman–Crippen LogP) is 1.16. The van der Waals surface area contributed by atoms with Crippen molar-refractivity contribution in [1.29, 1.82) is 0 Å². The maximum atomic E-state index is 12.0. The summed E-state index contributed by atoms with van der Waals surface area (Å²) >= 11 is 7.06. The standard InChI is InChI=1S/C10H11ClN6OS/c1-6(19-10-16-14-5-17(10)12)9(18)15-7-3-2-4-13-8(7)11/h2-6H,12H2,1H3,(H,15,18)/t6-/m1/s1. The van der Waals surface area contributed by atoms with Gasteiger partial charge in [-0.3, -0.25) is 4.79 Å². The van der Waals surface area contributed by atoms with Gasteiger partial charge in [0.25, 0.3) is 0 Å². The molecule has 0 saturated heterocycles. The van der Waals surface area contributed by atoms with E-state index in [1.165, 1.54) is 22.8 Å². The number of pyridine rings is 1. The van der Waals surface area contributed by atoms with Gasteiger partial charge >= 0.3 is 0 Å². The van der Waals surface area contributed by atoms with Gasteiger partial charge in [-0.1, -0.05) is 23.4 Å². The highest BCUT2D eigenvalue weighted by atomic mass is 35.5. The first-order valence-electron chi connectivity index (χ1n) is 5.31. The van der Waals surface area contributed by atoms with E-state index in [0.29, 0.717) is 10.8 Å². The summed E-state index contributed by atoms with van der Waals surface area (Å²) in [4.78, 5) is 15.9. The number of thioether (sulfide) groups is 1. The van der Waals surface area contributed by atoms with Gasteiger partial charge in [0.1, 0.15) is 6.33 Å². The van der Waals surface area contributed by atoms with Crippen LogP contribution < -0.4 is 11.2 Å². The van der Waals surface area contributed by atoms with Gasteiger partial charge in [-0.2, -0.15) is 0 Å². The van der Waals surface area contributed by atoms with E-state index in [9.17, 15) is 4.79 Å². The first kappa shape index (κ1) is 13.6. The van der Waals surface area contributed by atoms with Crippen molar-refractivity contribution in [1.82, 2.24) is 19.9 Å². The predicted molar refractivity (Wildman–Crippen MR) is 73.4 cm³/mol. The molecule has 9 heteroatoms. The number of amides is 1. The third-order valence-corrected chi connectivity index (χ3v) is 3.58. The van der Waals surface area contributed by atoms with Gasteiger partial charge in [0.15, 0.2) is 5.15 Å². The molecule has 100 valence electrons. The zero-order valence-electron chi connectivity index (χ0n) is 9.95. The molecule has 2 rings (SSSR count). The van der Waals surface area contributed by atoms with Crippen LogP contribution in [-0.4, -0.2) is 31.0 Å². The van der Waals surface area contributed by atoms with Crippen LogP contribution in [0.25, 0.3) is 0 Å². The van der Waals surface area contributed by atoms with Gasteiger partial charge < -0.3 is 11.2 Å². The number of nitrogens with two attached hydrogens (primary N) is 1. The molecule has 0 fully saturated rings. The van der Waals surface area contributed by atoms with Crippen LogP contribution in [0.2, 0.25) is 5.15 Å². The minimum atomic E-state index is -0.400. The van der Waals surface area contributed by atoms with E-state index in [0.717, 1.165) is 0 Å². The van der Waals surface area contributed by atoms with E-state index in [1.807, 2.05) is 0 Å². The van der Waals surface area contributed by atoms with Crippen LogP contribution in [0, 0.1) is 0 Å². The molecule has 0 bridgehead atoms. The number of halogens is 1. The Hall–Kier alpha value is -1.80. The molecule has 0 aliphatic carbocycles. The van der Waals surface area contributed by atoms with Crippen LogP contribution in [0.15, 0.2) is 29.8 Å². The highest BCUT2D eigenvalue weighted by molar-refractivity contribution is 8.00. The molecule has 2 heterocycles. The van der Waals surface area contributed by atoms with Crippen LogP contribution >= 0.6 is 23.4 Å². The molecule has 2 aromatic heterocycles. The molecule has 0 radical (unpaired) electrons. The van der Waals surface area contributed by atoms with Crippen molar-refractivity contribution < 1.29 is 4.79 Å².